The first-order chi connectivity index (χ1) is 7.22. The molecule has 0 heterocycles. The largest absolute Gasteiger partial charge is 0.464 e. The van der Waals surface area contributed by atoms with Gasteiger partial charge in [0, 0.05) is 7.05 Å². The summed E-state index contributed by atoms with van der Waals surface area (Å²) in [5, 5.41) is 0. The number of hydrogen-bond acceptors (Lipinski definition) is 4. The van der Waals surface area contributed by atoms with Crippen LogP contribution in [0, 0.1) is 0 Å². The Morgan fingerprint density at radius 1 is 1.25 bits per heavy atom. The average Bonchev–Trinajstić information content (AvgIpc) is 2.15. The number of amides is 1. The second-order valence-corrected chi connectivity index (χ2v) is 4.20. The van der Waals surface area contributed by atoms with Gasteiger partial charge < -0.3 is 9.47 Å². The summed E-state index contributed by atoms with van der Waals surface area (Å²) in [4.78, 5) is 24.1. The monoisotopic (exact) mass is 229 g/mol. The molecular weight excluding hydrogens is 210 g/mol. The quantitative estimate of drug-likeness (QED) is 0.536. The van der Waals surface area contributed by atoms with Gasteiger partial charge >= 0.3 is 12.1 Å². The predicted molar refractivity (Wildman–Crippen MR) is 59.8 cm³/mol. The van der Waals surface area contributed by atoms with Crippen LogP contribution < -0.4 is 0 Å². The fraction of sp³-hybridized carbons (Fsp3) is 0.636. The van der Waals surface area contributed by atoms with E-state index in [2.05, 4.69) is 4.74 Å². The Morgan fingerprint density at radius 2 is 1.75 bits per heavy atom. The van der Waals surface area contributed by atoms with E-state index in [0.717, 1.165) is 4.90 Å². The number of hydrogen-bond donors (Lipinski definition) is 0. The SMILES string of the molecule is C/C=C(/C(=O)OC)N(C)C(=O)OC(C)(C)C. The van der Waals surface area contributed by atoms with Crippen LogP contribution in [-0.2, 0) is 14.3 Å². The third kappa shape index (κ3) is 4.33. The maximum Gasteiger partial charge on any atom is 0.414 e. The normalized spacial score (nSPS) is 12.0. The Morgan fingerprint density at radius 3 is 2.06 bits per heavy atom. The maximum atomic E-state index is 11.6. The van der Waals surface area contributed by atoms with E-state index < -0.39 is 17.7 Å². The van der Waals surface area contributed by atoms with Crippen molar-refractivity contribution in [2.75, 3.05) is 14.2 Å². The molecule has 1 amide bonds. The van der Waals surface area contributed by atoms with Crippen LogP contribution in [0.3, 0.4) is 0 Å². The van der Waals surface area contributed by atoms with E-state index in [9.17, 15) is 9.59 Å². The summed E-state index contributed by atoms with van der Waals surface area (Å²) in [6.07, 6.45) is 0.904. The first-order valence-corrected chi connectivity index (χ1v) is 4.94. The van der Waals surface area contributed by atoms with Gasteiger partial charge in [0.1, 0.15) is 11.3 Å². The van der Waals surface area contributed by atoms with Crippen LogP contribution in [0.5, 0.6) is 0 Å². The van der Waals surface area contributed by atoms with E-state index in [4.69, 9.17) is 4.74 Å². The second-order valence-electron chi connectivity index (χ2n) is 4.20. The summed E-state index contributed by atoms with van der Waals surface area (Å²) < 4.78 is 9.66. The molecule has 5 nitrogen and oxygen atoms in total. The molecule has 0 aromatic rings. The standard InChI is InChI=1S/C11H19NO4/c1-7-8(9(13)15-6)12(5)10(14)16-11(2,3)4/h7H,1-6H3/b8-7-. The van der Waals surface area contributed by atoms with E-state index in [-0.39, 0.29) is 5.70 Å². The molecule has 0 spiro atoms. The number of allylic oxidation sites excluding steroid dienone is 1. The first kappa shape index (κ1) is 14.5. The molecule has 0 atom stereocenters. The fourth-order valence-corrected chi connectivity index (χ4v) is 0.982. The zero-order valence-electron chi connectivity index (χ0n) is 10.7. The zero-order valence-corrected chi connectivity index (χ0v) is 10.7. The van der Waals surface area contributed by atoms with E-state index in [0.29, 0.717) is 0 Å². The molecule has 5 heteroatoms. The summed E-state index contributed by atoms with van der Waals surface area (Å²) >= 11 is 0. The number of ether oxygens (including phenoxy) is 2. The lowest BCUT2D eigenvalue weighted by Crippen LogP contribution is -2.36. The highest BCUT2D eigenvalue weighted by atomic mass is 16.6. The molecule has 16 heavy (non-hydrogen) atoms. The van der Waals surface area contributed by atoms with Crippen molar-refractivity contribution in [3.05, 3.63) is 11.8 Å². The number of esters is 1. The van der Waals surface area contributed by atoms with Crippen LogP contribution in [0.15, 0.2) is 11.8 Å². The molecule has 0 saturated heterocycles. The number of methoxy groups -OCH3 is 1. The average molecular weight is 229 g/mol. The summed E-state index contributed by atoms with van der Waals surface area (Å²) in [7, 11) is 2.72. The summed E-state index contributed by atoms with van der Waals surface area (Å²) in [6, 6.07) is 0. The van der Waals surface area contributed by atoms with Crippen molar-refractivity contribution in [1.29, 1.82) is 0 Å². The van der Waals surface area contributed by atoms with Crippen LogP contribution in [0.2, 0.25) is 0 Å². The minimum absolute atomic E-state index is 0.150. The van der Waals surface area contributed by atoms with Crippen LogP contribution in [0.4, 0.5) is 4.79 Å². The van der Waals surface area contributed by atoms with Gasteiger partial charge in [-0.2, -0.15) is 0 Å². The predicted octanol–water partition coefficient (Wildman–Crippen LogP) is 1.93. The molecular formula is C11H19NO4. The van der Waals surface area contributed by atoms with E-state index in [1.165, 1.54) is 20.2 Å². The van der Waals surface area contributed by atoms with Crippen molar-refractivity contribution in [1.82, 2.24) is 4.90 Å². The minimum Gasteiger partial charge on any atom is -0.464 e. The molecule has 92 valence electrons. The fourth-order valence-electron chi connectivity index (χ4n) is 0.982. The van der Waals surface area contributed by atoms with Crippen molar-refractivity contribution in [3.63, 3.8) is 0 Å². The summed E-state index contributed by atoms with van der Waals surface area (Å²) in [5.74, 6) is -0.573. The molecule has 0 aromatic carbocycles. The number of carbonyl (C=O) groups is 2. The number of carbonyl (C=O) groups excluding carboxylic acids is 2. The van der Waals surface area contributed by atoms with E-state index in [1.54, 1.807) is 27.7 Å². The minimum atomic E-state index is -0.597. The molecule has 0 radical (unpaired) electrons. The second kappa shape index (κ2) is 5.53. The van der Waals surface area contributed by atoms with E-state index >= 15 is 0 Å². The lowest BCUT2D eigenvalue weighted by molar-refractivity contribution is -0.137. The summed E-state index contributed by atoms with van der Waals surface area (Å²) in [5.41, 5.74) is -0.447. The highest BCUT2D eigenvalue weighted by Crippen LogP contribution is 2.12. The van der Waals surface area contributed by atoms with Gasteiger partial charge in [-0.25, -0.2) is 9.59 Å². The van der Waals surface area contributed by atoms with Crippen molar-refractivity contribution in [2.24, 2.45) is 0 Å². The molecule has 0 fully saturated rings. The molecule has 0 N–H and O–H groups in total. The number of nitrogens with zero attached hydrogens (tertiary/aromatic N) is 1. The van der Waals surface area contributed by atoms with Crippen LogP contribution >= 0.6 is 0 Å². The van der Waals surface area contributed by atoms with Crippen molar-refractivity contribution in [3.8, 4) is 0 Å². The van der Waals surface area contributed by atoms with Gasteiger partial charge in [0.25, 0.3) is 0 Å². The van der Waals surface area contributed by atoms with Crippen LogP contribution in [0.25, 0.3) is 0 Å². The van der Waals surface area contributed by atoms with Crippen LogP contribution in [-0.4, -0.2) is 36.7 Å². The third-order valence-electron chi connectivity index (χ3n) is 1.70. The van der Waals surface area contributed by atoms with Gasteiger partial charge in [-0.15, -0.1) is 0 Å². The molecule has 0 unspecified atom stereocenters. The van der Waals surface area contributed by atoms with E-state index in [1.807, 2.05) is 0 Å². The molecule has 0 rings (SSSR count). The van der Waals surface area contributed by atoms with Crippen molar-refractivity contribution in [2.45, 2.75) is 33.3 Å². The molecule has 0 aromatic heterocycles. The van der Waals surface area contributed by atoms with Gasteiger partial charge in [0.2, 0.25) is 0 Å². The smallest absolute Gasteiger partial charge is 0.414 e. The van der Waals surface area contributed by atoms with Gasteiger partial charge in [-0.05, 0) is 27.7 Å². The maximum absolute atomic E-state index is 11.6. The molecule has 0 aliphatic rings. The van der Waals surface area contributed by atoms with Gasteiger partial charge in [-0.3, -0.25) is 4.90 Å². The molecule has 0 aliphatic heterocycles. The van der Waals surface area contributed by atoms with Gasteiger partial charge in [0.05, 0.1) is 7.11 Å². The molecule has 0 aliphatic carbocycles. The molecule has 0 saturated carbocycles. The number of likely N-dealkylation sites (N-methyl/N-ethyl adjacent to an activating group) is 1. The van der Waals surface area contributed by atoms with Gasteiger partial charge in [0.15, 0.2) is 0 Å². The zero-order chi connectivity index (χ0) is 12.9. The Kier molecular flexibility index (Phi) is 5.01. The summed E-state index contributed by atoms with van der Waals surface area (Å²) in [6.45, 7) is 6.91. The lowest BCUT2D eigenvalue weighted by atomic mass is 10.2. The highest BCUT2D eigenvalue weighted by molar-refractivity contribution is 5.91. The van der Waals surface area contributed by atoms with Crippen LogP contribution in [0.1, 0.15) is 27.7 Å². The first-order valence-electron chi connectivity index (χ1n) is 4.94. The Hall–Kier alpha value is -1.52. The van der Waals surface area contributed by atoms with Crippen molar-refractivity contribution < 1.29 is 19.1 Å². The Balaban J connectivity index is 4.72. The third-order valence-corrected chi connectivity index (χ3v) is 1.70. The molecule has 0 bridgehead atoms. The lowest BCUT2D eigenvalue weighted by Gasteiger charge is -2.25. The Bertz CT molecular complexity index is 302. The topological polar surface area (TPSA) is 55.8 Å². The highest BCUT2D eigenvalue weighted by Gasteiger charge is 2.24. The number of rotatable bonds is 2. The van der Waals surface area contributed by atoms with Gasteiger partial charge in [-0.1, -0.05) is 6.08 Å². The Labute approximate surface area is 96.0 Å². The van der Waals surface area contributed by atoms with Crippen molar-refractivity contribution >= 4 is 12.1 Å².